The minimum Gasteiger partial charge on any atom is -0.347 e. The zero-order valence-corrected chi connectivity index (χ0v) is 15.4. The van der Waals surface area contributed by atoms with Gasteiger partial charge in [-0.25, -0.2) is 4.39 Å². The molecule has 4 rings (SSSR count). The van der Waals surface area contributed by atoms with Crippen LogP contribution in [0, 0.1) is 5.82 Å². The third-order valence-electron chi connectivity index (χ3n) is 5.35. The van der Waals surface area contributed by atoms with Crippen LogP contribution in [-0.4, -0.2) is 68.8 Å². The van der Waals surface area contributed by atoms with Crippen LogP contribution in [0.15, 0.2) is 24.3 Å². The first-order valence-electron chi connectivity index (χ1n) is 9.01. The molecule has 0 bridgehead atoms. The summed E-state index contributed by atoms with van der Waals surface area (Å²) in [5.41, 5.74) is 0.664. The van der Waals surface area contributed by atoms with Gasteiger partial charge in [0.15, 0.2) is 5.79 Å². The standard InChI is InChI=1S/C17H24FN3O4S/c18-15-3-1-2-14(12-15)16-13-19-6-9-21(16)26(22,23)20-7-4-17(5-8-20)24-10-11-25-17/h1-3,12,16,19H,4-11,13H2. The Kier molecular flexibility index (Phi) is 5.02. The van der Waals surface area contributed by atoms with Crippen molar-refractivity contribution >= 4 is 10.2 Å². The van der Waals surface area contributed by atoms with Crippen LogP contribution in [0.2, 0.25) is 0 Å². The molecule has 3 fully saturated rings. The molecule has 3 aliphatic heterocycles. The van der Waals surface area contributed by atoms with E-state index in [-0.39, 0.29) is 5.82 Å². The molecule has 0 aromatic heterocycles. The highest BCUT2D eigenvalue weighted by Crippen LogP contribution is 2.34. The van der Waals surface area contributed by atoms with Crippen molar-refractivity contribution in [3.8, 4) is 0 Å². The van der Waals surface area contributed by atoms with E-state index in [0.717, 1.165) is 0 Å². The molecule has 0 saturated carbocycles. The van der Waals surface area contributed by atoms with Gasteiger partial charge in [-0.05, 0) is 17.7 Å². The second-order valence-corrected chi connectivity index (χ2v) is 8.78. The Balaban J connectivity index is 1.53. The number of hydrogen-bond acceptors (Lipinski definition) is 5. The Labute approximate surface area is 153 Å². The summed E-state index contributed by atoms with van der Waals surface area (Å²) in [6.07, 6.45) is 1.06. The SMILES string of the molecule is O=S(=O)(N1CCC2(CC1)OCCO2)N1CCNCC1c1cccc(F)c1. The van der Waals surface area contributed by atoms with Crippen LogP contribution in [0.4, 0.5) is 4.39 Å². The zero-order valence-electron chi connectivity index (χ0n) is 14.6. The van der Waals surface area contributed by atoms with Gasteiger partial charge >= 0.3 is 0 Å². The second kappa shape index (κ2) is 7.14. The van der Waals surface area contributed by atoms with Crippen molar-refractivity contribution in [3.05, 3.63) is 35.6 Å². The summed E-state index contributed by atoms with van der Waals surface area (Å²) >= 11 is 0. The van der Waals surface area contributed by atoms with Crippen LogP contribution in [0.3, 0.4) is 0 Å². The van der Waals surface area contributed by atoms with E-state index in [1.807, 2.05) is 0 Å². The quantitative estimate of drug-likeness (QED) is 0.836. The van der Waals surface area contributed by atoms with Gasteiger partial charge in [0, 0.05) is 45.6 Å². The summed E-state index contributed by atoms with van der Waals surface area (Å²) in [5, 5.41) is 3.21. The molecule has 1 unspecified atom stereocenters. The Morgan fingerprint density at radius 3 is 2.58 bits per heavy atom. The predicted octanol–water partition coefficient (Wildman–Crippen LogP) is 0.856. The number of hydrogen-bond donors (Lipinski definition) is 1. The molecule has 7 nitrogen and oxygen atoms in total. The number of benzene rings is 1. The average molecular weight is 385 g/mol. The van der Waals surface area contributed by atoms with Crippen molar-refractivity contribution < 1.29 is 22.3 Å². The van der Waals surface area contributed by atoms with Crippen LogP contribution in [-0.2, 0) is 19.7 Å². The minimum absolute atomic E-state index is 0.359. The lowest BCUT2D eigenvalue weighted by molar-refractivity contribution is -0.179. The Bertz CT molecular complexity index is 744. The summed E-state index contributed by atoms with van der Waals surface area (Å²) in [6.45, 7) is 3.25. The summed E-state index contributed by atoms with van der Waals surface area (Å²) in [4.78, 5) is 0. The van der Waals surface area contributed by atoms with Gasteiger partial charge in [-0.2, -0.15) is 17.0 Å². The largest absolute Gasteiger partial charge is 0.347 e. The molecular weight excluding hydrogens is 361 g/mol. The molecule has 1 aromatic carbocycles. The van der Waals surface area contributed by atoms with Gasteiger partial charge in [-0.15, -0.1) is 0 Å². The first-order chi connectivity index (χ1) is 12.5. The van der Waals surface area contributed by atoms with Crippen molar-refractivity contribution in [2.24, 2.45) is 0 Å². The summed E-state index contributed by atoms with van der Waals surface area (Å²) in [5.74, 6) is -0.974. The zero-order chi connectivity index (χ0) is 18.2. The molecule has 3 aliphatic rings. The van der Waals surface area contributed by atoms with Gasteiger partial charge in [0.1, 0.15) is 5.82 Å². The molecule has 26 heavy (non-hydrogen) atoms. The fourth-order valence-corrected chi connectivity index (χ4v) is 5.73. The third kappa shape index (κ3) is 3.39. The van der Waals surface area contributed by atoms with E-state index < -0.39 is 22.0 Å². The Morgan fingerprint density at radius 1 is 1.15 bits per heavy atom. The smallest absolute Gasteiger partial charge is 0.282 e. The lowest BCUT2D eigenvalue weighted by Crippen LogP contribution is -2.56. The highest BCUT2D eigenvalue weighted by atomic mass is 32.2. The van der Waals surface area contributed by atoms with Crippen LogP contribution in [0.1, 0.15) is 24.4 Å². The first-order valence-corrected chi connectivity index (χ1v) is 10.4. The van der Waals surface area contributed by atoms with Gasteiger partial charge in [-0.1, -0.05) is 12.1 Å². The predicted molar refractivity (Wildman–Crippen MR) is 93.1 cm³/mol. The van der Waals surface area contributed by atoms with Crippen LogP contribution < -0.4 is 5.32 Å². The van der Waals surface area contributed by atoms with E-state index in [4.69, 9.17) is 9.47 Å². The summed E-state index contributed by atoms with van der Waals surface area (Å²) in [7, 11) is -3.65. The van der Waals surface area contributed by atoms with E-state index in [1.165, 1.54) is 20.7 Å². The number of piperidine rings is 1. The first kappa shape index (κ1) is 18.3. The van der Waals surface area contributed by atoms with E-state index in [2.05, 4.69) is 5.32 Å². The molecule has 1 spiro atoms. The van der Waals surface area contributed by atoms with Gasteiger partial charge in [0.05, 0.1) is 19.3 Å². The molecule has 0 radical (unpaired) electrons. The lowest BCUT2D eigenvalue weighted by atomic mass is 10.1. The second-order valence-electron chi connectivity index (χ2n) is 6.90. The Morgan fingerprint density at radius 2 is 1.88 bits per heavy atom. The van der Waals surface area contributed by atoms with E-state index >= 15 is 0 Å². The van der Waals surface area contributed by atoms with Crippen LogP contribution in [0.5, 0.6) is 0 Å². The van der Waals surface area contributed by atoms with Gasteiger partial charge in [-0.3, -0.25) is 0 Å². The number of halogens is 1. The third-order valence-corrected chi connectivity index (χ3v) is 7.40. The number of ether oxygens (including phenoxy) is 2. The van der Waals surface area contributed by atoms with Crippen LogP contribution in [0.25, 0.3) is 0 Å². The molecule has 1 N–H and O–H groups in total. The maximum absolute atomic E-state index is 13.6. The van der Waals surface area contributed by atoms with Crippen molar-refractivity contribution in [1.29, 1.82) is 0 Å². The average Bonchev–Trinajstić information content (AvgIpc) is 3.10. The van der Waals surface area contributed by atoms with Crippen molar-refractivity contribution in [1.82, 2.24) is 13.9 Å². The number of rotatable bonds is 3. The maximum atomic E-state index is 13.6. The molecule has 3 heterocycles. The maximum Gasteiger partial charge on any atom is 0.282 e. The monoisotopic (exact) mass is 385 g/mol. The van der Waals surface area contributed by atoms with Gasteiger partial charge in [0.25, 0.3) is 10.2 Å². The fraction of sp³-hybridized carbons (Fsp3) is 0.647. The van der Waals surface area contributed by atoms with Crippen molar-refractivity contribution in [2.45, 2.75) is 24.7 Å². The molecule has 1 atom stereocenters. The minimum atomic E-state index is -3.65. The lowest BCUT2D eigenvalue weighted by Gasteiger charge is -2.42. The van der Waals surface area contributed by atoms with Gasteiger partial charge in [0.2, 0.25) is 0 Å². The van der Waals surface area contributed by atoms with Crippen LogP contribution >= 0.6 is 0 Å². The molecule has 0 aliphatic carbocycles. The molecule has 1 aromatic rings. The summed E-state index contributed by atoms with van der Waals surface area (Å²) < 4.78 is 54.5. The number of nitrogens with one attached hydrogen (secondary N) is 1. The van der Waals surface area contributed by atoms with Crippen molar-refractivity contribution in [3.63, 3.8) is 0 Å². The molecule has 3 saturated heterocycles. The van der Waals surface area contributed by atoms with E-state index in [9.17, 15) is 12.8 Å². The molecule has 9 heteroatoms. The van der Waals surface area contributed by atoms with E-state index in [1.54, 1.807) is 12.1 Å². The molecular formula is C17H24FN3O4S. The highest BCUT2D eigenvalue weighted by Gasteiger charge is 2.45. The summed E-state index contributed by atoms with van der Waals surface area (Å²) in [6, 6.07) is 5.74. The highest BCUT2D eigenvalue weighted by molar-refractivity contribution is 7.86. The fourth-order valence-electron chi connectivity index (χ4n) is 3.95. The van der Waals surface area contributed by atoms with Crippen molar-refractivity contribution in [2.75, 3.05) is 45.9 Å². The van der Waals surface area contributed by atoms with E-state index in [0.29, 0.717) is 64.3 Å². The number of piperazine rings is 1. The number of nitrogens with zero attached hydrogens (tertiary/aromatic N) is 2. The topological polar surface area (TPSA) is 71.1 Å². The molecule has 0 amide bonds. The van der Waals surface area contributed by atoms with Gasteiger partial charge < -0.3 is 14.8 Å². The molecule has 144 valence electrons. The Hall–Kier alpha value is -1.10. The normalized spacial score (nSPS) is 27.8.